The maximum absolute atomic E-state index is 12.1. The van der Waals surface area contributed by atoms with Crippen LogP contribution in [0.2, 0.25) is 10.0 Å². The fourth-order valence-electron chi connectivity index (χ4n) is 2.03. The van der Waals surface area contributed by atoms with Crippen LogP contribution in [0.25, 0.3) is 10.6 Å². The zero-order valence-electron chi connectivity index (χ0n) is 12.2. The first kappa shape index (κ1) is 16.7. The zero-order chi connectivity index (χ0) is 17.1. The summed E-state index contributed by atoms with van der Waals surface area (Å²) in [5.74, 6) is -0.360. The van der Waals surface area contributed by atoms with E-state index in [-0.39, 0.29) is 18.0 Å². The summed E-state index contributed by atoms with van der Waals surface area (Å²) in [6, 6.07) is 9.95. The standard InChI is InChI=1S/C16H11Cl2N3O2S/c17-11-4-3-10(6-12(11)18)20-15(22)8-21-9-19-13(7-16(21)23)14-2-1-5-24-14/h1-7,9H,8H2,(H,20,22). The first-order valence-corrected chi connectivity index (χ1v) is 8.52. The van der Waals surface area contributed by atoms with E-state index in [9.17, 15) is 9.59 Å². The van der Waals surface area contributed by atoms with Crippen molar-refractivity contribution in [2.45, 2.75) is 6.54 Å². The van der Waals surface area contributed by atoms with Crippen molar-refractivity contribution >= 4 is 46.1 Å². The molecule has 0 saturated heterocycles. The highest BCUT2D eigenvalue weighted by atomic mass is 35.5. The highest BCUT2D eigenvalue weighted by Gasteiger charge is 2.09. The number of aromatic nitrogens is 2. The Bertz CT molecular complexity index is 939. The largest absolute Gasteiger partial charge is 0.324 e. The molecule has 5 nitrogen and oxygen atoms in total. The zero-order valence-corrected chi connectivity index (χ0v) is 14.5. The number of nitrogens with one attached hydrogen (secondary N) is 1. The molecule has 24 heavy (non-hydrogen) atoms. The van der Waals surface area contributed by atoms with E-state index < -0.39 is 0 Å². The van der Waals surface area contributed by atoms with E-state index in [1.807, 2.05) is 17.5 Å². The van der Waals surface area contributed by atoms with Gasteiger partial charge in [0, 0.05) is 11.8 Å². The summed E-state index contributed by atoms with van der Waals surface area (Å²) in [6.07, 6.45) is 1.37. The highest BCUT2D eigenvalue weighted by Crippen LogP contribution is 2.25. The number of carbonyl (C=O) groups is 1. The molecule has 122 valence electrons. The van der Waals surface area contributed by atoms with Crippen molar-refractivity contribution in [3.05, 3.63) is 68.5 Å². The smallest absolute Gasteiger partial charge is 0.254 e. The number of thiophene rings is 1. The molecule has 0 radical (unpaired) electrons. The van der Waals surface area contributed by atoms with E-state index in [2.05, 4.69) is 10.3 Å². The average molecular weight is 380 g/mol. The van der Waals surface area contributed by atoms with Crippen molar-refractivity contribution in [1.29, 1.82) is 0 Å². The van der Waals surface area contributed by atoms with E-state index in [4.69, 9.17) is 23.2 Å². The van der Waals surface area contributed by atoms with Crippen LogP contribution in [0.15, 0.2) is 52.9 Å². The van der Waals surface area contributed by atoms with Gasteiger partial charge < -0.3 is 5.32 Å². The lowest BCUT2D eigenvalue weighted by atomic mass is 10.3. The molecule has 3 aromatic rings. The molecule has 2 aromatic heterocycles. The summed E-state index contributed by atoms with van der Waals surface area (Å²) in [6.45, 7) is -0.142. The molecule has 0 unspecified atom stereocenters. The Hall–Kier alpha value is -2.15. The first-order valence-electron chi connectivity index (χ1n) is 6.88. The maximum Gasteiger partial charge on any atom is 0.254 e. The SMILES string of the molecule is O=C(Cn1cnc(-c2cccs2)cc1=O)Nc1ccc(Cl)c(Cl)c1. The van der Waals surface area contributed by atoms with Gasteiger partial charge in [0.25, 0.3) is 5.56 Å². The lowest BCUT2D eigenvalue weighted by molar-refractivity contribution is -0.116. The second kappa shape index (κ2) is 7.17. The molecule has 0 atom stereocenters. The van der Waals surface area contributed by atoms with Crippen LogP contribution in [0.1, 0.15) is 0 Å². The third-order valence-corrected chi connectivity index (χ3v) is 4.80. The molecule has 0 aliphatic carbocycles. The predicted molar refractivity (Wildman–Crippen MR) is 96.9 cm³/mol. The van der Waals surface area contributed by atoms with Gasteiger partial charge in [-0.15, -0.1) is 11.3 Å². The Balaban J connectivity index is 1.72. The van der Waals surface area contributed by atoms with Crippen molar-refractivity contribution in [2.24, 2.45) is 0 Å². The van der Waals surface area contributed by atoms with Crippen LogP contribution in [-0.4, -0.2) is 15.5 Å². The second-order valence-corrected chi connectivity index (χ2v) is 6.66. The van der Waals surface area contributed by atoms with E-state index in [0.29, 0.717) is 21.4 Å². The molecular formula is C16H11Cl2N3O2S. The molecule has 0 bridgehead atoms. The van der Waals surface area contributed by atoms with Crippen molar-refractivity contribution in [3.8, 4) is 10.6 Å². The molecule has 0 spiro atoms. The molecule has 0 aliphatic heterocycles. The minimum absolute atomic E-state index is 0.142. The molecule has 0 fully saturated rings. The number of amides is 1. The van der Waals surface area contributed by atoms with Gasteiger partial charge in [-0.05, 0) is 29.6 Å². The van der Waals surface area contributed by atoms with Crippen LogP contribution >= 0.6 is 34.5 Å². The molecule has 8 heteroatoms. The van der Waals surface area contributed by atoms with Gasteiger partial charge >= 0.3 is 0 Å². The highest BCUT2D eigenvalue weighted by molar-refractivity contribution is 7.13. The fourth-order valence-corrected chi connectivity index (χ4v) is 3.02. The normalized spacial score (nSPS) is 10.6. The van der Waals surface area contributed by atoms with E-state index in [1.165, 1.54) is 28.3 Å². The summed E-state index contributed by atoms with van der Waals surface area (Å²) in [5.41, 5.74) is 0.805. The molecule has 0 saturated carbocycles. The first-order chi connectivity index (χ1) is 11.5. The van der Waals surface area contributed by atoms with E-state index >= 15 is 0 Å². The Kier molecular flexibility index (Phi) is 4.99. The lowest BCUT2D eigenvalue weighted by Crippen LogP contribution is -2.27. The molecule has 0 aliphatic rings. The minimum atomic E-state index is -0.360. The number of hydrogen-bond acceptors (Lipinski definition) is 4. The van der Waals surface area contributed by atoms with Crippen molar-refractivity contribution in [2.75, 3.05) is 5.32 Å². The number of carbonyl (C=O) groups excluding carboxylic acids is 1. The van der Waals surface area contributed by atoms with Crippen molar-refractivity contribution < 1.29 is 4.79 Å². The van der Waals surface area contributed by atoms with Gasteiger partial charge in [-0.1, -0.05) is 29.3 Å². The fraction of sp³-hybridized carbons (Fsp3) is 0.0625. The van der Waals surface area contributed by atoms with Gasteiger partial charge in [-0.2, -0.15) is 0 Å². The molecule has 1 N–H and O–H groups in total. The number of halogens is 2. The molecule has 3 rings (SSSR count). The quantitative estimate of drug-likeness (QED) is 0.746. The Morgan fingerprint density at radius 1 is 1.21 bits per heavy atom. The van der Waals surface area contributed by atoms with Gasteiger partial charge in [-0.25, -0.2) is 4.98 Å². The maximum atomic E-state index is 12.1. The topological polar surface area (TPSA) is 64.0 Å². The molecule has 1 aromatic carbocycles. The van der Waals surface area contributed by atoms with Gasteiger partial charge in [0.15, 0.2) is 0 Å². The van der Waals surface area contributed by atoms with Crippen LogP contribution in [0.3, 0.4) is 0 Å². The van der Waals surface area contributed by atoms with Gasteiger partial charge in [-0.3, -0.25) is 14.2 Å². The number of nitrogens with zero attached hydrogens (tertiary/aromatic N) is 2. The van der Waals surface area contributed by atoms with Crippen LogP contribution < -0.4 is 10.9 Å². The summed E-state index contributed by atoms with van der Waals surface area (Å²) in [5, 5.41) is 5.31. The molecule has 1 amide bonds. The minimum Gasteiger partial charge on any atom is -0.324 e. The number of rotatable bonds is 4. The van der Waals surface area contributed by atoms with Crippen molar-refractivity contribution in [1.82, 2.24) is 9.55 Å². The van der Waals surface area contributed by atoms with Gasteiger partial charge in [0.2, 0.25) is 5.91 Å². The molecular weight excluding hydrogens is 369 g/mol. The summed E-state index contributed by atoms with van der Waals surface area (Å²) >= 11 is 13.2. The lowest BCUT2D eigenvalue weighted by Gasteiger charge is -2.08. The van der Waals surface area contributed by atoms with E-state index in [1.54, 1.807) is 18.2 Å². The Labute approximate surface area is 151 Å². The summed E-state index contributed by atoms with van der Waals surface area (Å²) in [7, 11) is 0. The van der Waals surface area contributed by atoms with Crippen LogP contribution in [0.4, 0.5) is 5.69 Å². The third kappa shape index (κ3) is 3.84. The third-order valence-electron chi connectivity index (χ3n) is 3.17. The average Bonchev–Trinajstić information content (AvgIpc) is 3.07. The van der Waals surface area contributed by atoms with Crippen LogP contribution in [-0.2, 0) is 11.3 Å². The van der Waals surface area contributed by atoms with Gasteiger partial charge in [0.1, 0.15) is 6.54 Å². The molecule has 2 heterocycles. The number of benzene rings is 1. The van der Waals surface area contributed by atoms with E-state index in [0.717, 1.165) is 4.88 Å². The van der Waals surface area contributed by atoms with Gasteiger partial charge in [0.05, 0.1) is 26.9 Å². The van der Waals surface area contributed by atoms with Crippen molar-refractivity contribution in [3.63, 3.8) is 0 Å². The van der Waals surface area contributed by atoms with Crippen LogP contribution in [0.5, 0.6) is 0 Å². The number of anilines is 1. The predicted octanol–water partition coefficient (Wildman–Crippen LogP) is 3.92. The monoisotopic (exact) mass is 379 g/mol. The summed E-state index contributed by atoms with van der Waals surface area (Å²) in [4.78, 5) is 29.3. The second-order valence-electron chi connectivity index (χ2n) is 4.89. The number of hydrogen-bond donors (Lipinski definition) is 1. The summed E-state index contributed by atoms with van der Waals surface area (Å²) < 4.78 is 1.24. The van der Waals surface area contributed by atoms with Crippen LogP contribution in [0, 0.1) is 0 Å². The Morgan fingerprint density at radius 2 is 2.04 bits per heavy atom. The Morgan fingerprint density at radius 3 is 2.71 bits per heavy atom.